The number of hydrogen-bond donors (Lipinski definition) is 2. The SMILES string of the molecule is COc1ccc(NC(=O)c2nnc(C(=O)N3CCC(C(=O)NCc4ccccc4)CC3)s2)cc1. The standard InChI is InChI=1S/C24H25N5O4S/c1-33-19-9-7-18(8-10-19)26-21(31)22-27-28-23(34-22)24(32)29-13-11-17(12-14-29)20(30)25-15-16-5-3-2-4-6-16/h2-10,17H,11-15H2,1H3,(H,25,30)(H,26,31). The van der Waals surface area contributed by atoms with Gasteiger partial charge >= 0.3 is 0 Å². The van der Waals surface area contributed by atoms with Crippen LogP contribution in [0.4, 0.5) is 5.69 Å². The number of rotatable bonds is 7. The minimum absolute atomic E-state index is 0.00403. The number of carbonyl (C=O) groups is 3. The van der Waals surface area contributed by atoms with Crippen molar-refractivity contribution in [3.63, 3.8) is 0 Å². The van der Waals surface area contributed by atoms with E-state index in [0.717, 1.165) is 16.9 Å². The maximum absolute atomic E-state index is 12.8. The van der Waals surface area contributed by atoms with Crippen molar-refractivity contribution in [1.82, 2.24) is 20.4 Å². The molecule has 1 saturated heterocycles. The van der Waals surface area contributed by atoms with E-state index in [2.05, 4.69) is 20.8 Å². The van der Waals surface area contributed by atoms with E-state index in [1.165, 1.54) is 0 Å². The number of carbonyl (C=O) groups excluding carboxylic acids is 3. The molecule has 0 atom stereocenters. The van der Waals surface area contributed by atoms with Crippen LogP contribution in [0.1, 0.15) is 38.0 Å². The quantitative estimate of drug-likeness (QED) is 0.539. The smallest absolute Gasteiger partial charge is 0.286 e. The third kappa shape index (κ3) is 5.76. The zero-order valence-corrected chi connectivity index (χ0v) is 19.5. The Morgan fingerprint density at radius 2 is 1.68 bits per heavy atom. The van der Waals surface area contributed by atoms with Crippen molar-refractivity contribution < 1.29 is 19.1 Å². The maximum Gasteiger partial charge on any atom is 0.286 e. The number of nitrogens with one attached hydrogen (secondary N) is 2. The molecule has 0 saturated carbocycles. The summed E-state index contributed by atoms with van der Waals surface area (Å²) in [5.41, 5.74) is 1.63. The summed E-state index contributed by atoms with van der Waals surface area (Å²) in [6, 6.07) is 16.6. The van der Waals surface area contributed by atoms with E-state index in [1.54, 1.807) is 36.3 Å². The minimum atomic E-state index is -0.435. The Balaban J connectivity index is 1.27. The molecule has 2 heterocycles. The minimum Gasteiger partial charge on any atom is -0.497 e. The summed E-state index contributed by atoms with van der Waals surface area (Å²) in [5, 5.41) is 13.8. The third-order valence-corrected chi connectivity index (χ3v) is 6.52. The largest absolute Gasteiger partial charge is 0.497 e. The molecule has 3 aromatic rings. The molecule has 10 heteroatoms. The zero-order chi connectivity index (χ0) is 23.9. The zero-order valence-electron chi connectivity index (χ0n) is 18.7. The van der Waals surface area contributed by atoms with E-state index >= 15 is 0 Å². The number of benzene rings is 2. The van der Waals surface area contributed by atoms with E-state index in [-0.39, 0.29) is 27.7 Å². The summed E-state index contributed by atoms with van der Waals surface area (Å²) in [4.78, 5) is 39.5. The van der Waals surface area contributed by atoms with Crippen LogP contribution in [-0.4, -0.2) is 53.0 Å². The molecule has 0 radical (unpaired) electrons. The van der Waals surface area contributed by atoms with Gasteiger partial charge in [-0.2, -0.15) is 0 Å². The van der Waals surface area contributed by atoms with Gasteiger partial charge in [0.15, 0.2) is 0 Å². The van der Waals surface area contributed by atoms with Crippen LogP contribution >= 0.6 is 11.3 Å². The highest BCUT2D eigenvalue weighted by Crippen LogP contribution is 2.22. The van der Waals surface area contributed by atoms with Crippen LogP contribution in [0.3, 0.4) is 0 Å². The normalized spacial score (nSPS) is 13.9. The number of methoxy groups -OCH3 is 1. The van der Waals surface area contributed by atoms with Crippen LogP contribution in [0.15, 0.2) is 54.6 Å². The molecule has 0 unspecified atom stereocenters. The average molecular weight is 480 g/mol. The third-order valence-electron chi connectivity index (χ3n) is 5.61. The van der Waals surface area contributed by atoms with Gasteiger partial charge in [-0.05, 0) is 42.7 Å². The first-order valence-electron chi connectivity index (χ1n) is 10.9. The van der Waals surface area contributed by atoms with Gasteiger partial charge in [0.25, 0.3) is 11.8 Å². The Morgan fingerprint density at radius 3 is 2.35 bits per heavy atom. The highest BCUT2D eigenvalue weighted by Gasteiger charge is 2.29. The molecule has 3 amide bonds. The van der Waals surface area contributed by atoms with Gasteiger partial charge in [0.2, 0.25) is 15.9 Å². The van der Waals surface area contributed by atoms with Crippen molar-refractivity contribution in [3.05, 3.63) is 70.2 Å². The Morgan fingerprint density at radius 1 is 1.00 bits per heavy atom. The summed E-state index contributed by atoms with van der Waals surface area (Å²) >= 11 is 0.953. The van der Waals surface area contributed by atoms with Crippen molar-refractivity contribution in [1.29, 1.82) is 0 Å². The fourth-order valence-electron chi connectivity index (χ4n) is 3.67. The number of hydrogen-bond acceptors (Lipinski definition) is 7. The summed E-state index contributed by atoms with van der Waals surface area (Å²) in [6.45, 7) is 1.40. The Hall–Kier alpha value is -3.79. The molecule has 4 rings (SSSR count). The number of aromatic nitrogens is 2. The number of ether oxygens (including phenoxy) is 1. The molecule has 1 aliphatic rings. The van der Waals surface area contributed by atoms with Crippen molar-refractivity contribution in [2.45, 2.75) is 19.4 Å². The molecule has 0 bridgehead atoms. The summed E-state index contributed by atoms with van der Waals surface area (Å²) in [7, 11) is 1.57. The predicted molar refractivity (Wildman–Crippen MR) is 128 cm³/mol. The average Bonchev–Trinajstić information content (AvgIpc) is 3.39. The highest BCUT2D eigenvalue weighted by atomic mass is 32.1. The van der Waals surface area contributed by atoms with Crippen LogP contribution in [0.2, 0.25) is 0 Å². The lowest BCUT2D eigenvalue weighted by molar-refractivity contribution is -0.126. The monoisotopic (exact) mass is 479 g/mol. The first kappa shape index (κ1) is 23.4. The molecule has 34 heavy (non-hydrogen) atoms. The van der Waals surface area contributed by atoms with Crippen molar-refractivity contribution in [2.75, 3.05) is 25.5 Å². The lowest BCUT2D eigenvalue weighted by atomic mass is 9.96. The molecule has 176 valence electrons. The molecule has 9 nitrogen and oxygen atoms in total. The Labute approximate surface area is 201 Å². The van der Waals surface area contributed by atoms with Crippen LogP contribution in [0.5, 0.6) is 5.75 Å². The second-order valence-electron chi connectivity index (χ2n) is 7.86. The Bertz CT molecular complexity index is 1140. The molecule has 2 N–H and O–H groups in total. The highest BCUT2D eigenvalue weighted by molar-refractivity contribution is 7.15. The van der Waals surface area contributed by atoms with Crippen molar-refractivity contribution in [3.8, 4) is 5.75 Å². The first-order valence-corrected chi connectivity index (χ1v) is 11.7. The van der Waals surface area contributed by atoms with Gasteiger partial charge in [-0.15, -0.1) is 10.2 Å². The van der Waals surface area contributed by atoms with Crippen molar-refractivity contribution >= 4 is 34.7 Å². The molecular weight excluding hydrogens is 454 g/mol. The summed E-state index contributed by atoms with van der Waals surface area (Å²) in [6.07, 6.45) is 1.16. The number of anilines is 1. The van der Waals surface area contributed by atoms with Gasteiger partial charge < -0.3 is 20.3 Å². The van der Waals surface area contributed by atoms with Crippen molar-refractivity contribution in [2.24, 2.45) is 5.92 Å². The van der Waals surface area contributed by atoms with Gasteiger partial charge in [0.1, 0.15) is 5.75 Å². The van der Waals surface area contributed by atoms with E-state index in [0.29, 0.717) is 43.9 Å². The summed E-state index contributed by atoms with van der Waals surface area (Å²) < 4.78 is 5.10. The molecule has 1 aromatic heterocycles. The van der Waals surface area contributed by atoms with Crippen LogP contribution in [0, 0.1) is 5.92 Å². The number of amides is 3. The molecule has 1 aliphatic heterocycles. The lowest BCUT2D eigenvalue weighted by Gasteiger charge is -2.30. The van der Waals surface area contributed by atoms with E-state index in [4.69, 9.17) is 4.74 Å². The van der Waals surface area contributed by atoms with Crippen LogP contribution in [-0.2, 0) is 11.3 Å². The maximum atomic E-state index is 12.8. The van der Waals surface area contributed by atoms with Gasteiger partial charge in [-0.25, -0.2) is 0 Å². The second-order valence-corrected chi connectivity index (χ2v) is 8.84. The number of likely N-dealkylation sites (tertiary alicyclic amines) is 1. The molecule has 0 aliphatic carbocycles. The van der Waals surface area contributed by atoms with Crippen LogP contribution < -0.4 is 15.4 Å². The molecular formula is C24H25N5O4S. The summed E-state index contributed by atoms with van der Waals surface area (Å²) in [5.74, 6) is -0.156. The molecule has 2 aromatic carbocycles. The van der Waals surface area contributed by atoms with E-state index in [1.807, 2.05) is 30.3 Å². The van der Waals surface area contributed by atoms with Gasteiger partial charge in [0.05, 0.1) is 7.11 Å². The first-order chi connectivity index (χ1) is 16.5. The van der Waals surface area contributed by atoms with Crippen LogP contribution in [0.25, 0.3) is 0 Å². The fourth-order valence-corrected chi connectivity index (χ4v) is 4.38. The number of nitrogens with zero attached hydrogens (tertiary/aromatic N) is 3. The van der Waals surface area contributed by atoms with Gasteiger partial charge in [-0.1, -0.05) is 41.7 Å². The lowest BCUT2D eigenvalue weighted by Crippen LogP contribution is -2.42. The molecule has 1 fully saturated rings. The second kappa shape index (κ2) is 10.9. The predicted octanol–water partition coefficient (Wildman–Crippen LogP) is 2.97. The van der Waals surface area contributed by atoms with Gasteiger partial charge in [0, 0.05) is 31.2 Å². The molecule has 0 spiro atoms. The van der Waals surface area contributed by atoms with E-state index < -0.39 is 5.91 Å². The fraction of sp³-hybridized carbons (Fsp3) is 0.292. The Kier molecular flexibility index (Phi) is 7.48. The van der Waals surface area contributed by atoms with Gasteiger partial charge in [-0.3, -0.25) is 14.4 Å². The van der Waals surface area contributed by atoms with E-state index in [9.17, 15) is 14.4 Å². The topological polar surface area (TPSA) is 114 Å². The number of piperidine rings is 1.